The van der Waals surface area contributed by atoms with E-state index in [1.54, 1.807) is 0 Å². The van der Waals surface area contributed by atoms with Gasteiger partial charge in [-0.25, -0.2) is 4.79 Å². The second kappa shape index (κ2) is 8.76. The number of hydrogen-bond donors (Lipinski definition) is 4. The first-order valence-electron chi connectivity index (χ1n) is 8.09. The van der Waals surface area contributed by atoms with Crippen molar-refractivity contribution in [1.82, 2.24) is 10.6 Å². The summed E-state index contributed by atoms with van der Waals surface area (Å²) in [6, 6.07) is 9.47. The molecule has 1 saturated carbocycles. The number of aliphatic hydroxyl groups is 2. The van der Waals surface area contributed by atoms with Crippen LogP contribution in [-0.4, -0.2) is 41.5 Å². The third kappa shape index (κ3) is 5.00. The van der Waals surface area contributed by atoms with Gasteiger partial charge < -0.3 is 20.8 Å². The van der Waals surface area contributed by atoms with E-state index in [-0.39, 0.29) is 24.6 Å². The van der Waals surface area contributed by atoms with E-state index in [1.165, 1.54) is 0 Å². The molecule has 1 fully saturated rings. The minimum Gasteiger partial charge on any atom is -0.396 e. The molecule has 3 unspecified atom stereocenters. The molecule has 1 aliphatic carbocycles. The summed E-state index contributed by atoms with van der Waals surface area (Å²) in [5.74, 6) is 0.0910. The van der Waals surface area contributed by atoms with Gasteiger partial charge in [0.25, 0.3) is 0 Å². The average molecular weight is 306 g/mol. The molecule has 1 aromatic carbocycles. The molecule has 122 valence electrons. The standard InChI is InChI=1S/C17H26N2O3/c20-11-10-14(13-6-2-1-3-7-13)12-18-17(22)19-15-8-4-5-9-16(15)21/h1-3,6-7,14-16,20-21H,4-5,8-12H2,(H2,18,19,22). The van der Waals surface area contributed by atoms with Crippen molar-refractivity contribution in [2.75, 3.05) is 13.2 Å². The molecule has 0 saturated heterocycles. The number of benzene rings is 1. The van der Waals surface area contributed by atoms with Gasteiger partial charge in [-0.05, 0) is 24.8 Å². The Labute approximate surface area is 131 Å². The summed E-state index contributed by atoms with van der Waals surface area (Å²) in [5, 5.41) is 24.8. The van der Waals surface area contributed by atoms with Crippen LogP contribution in [0.5, 0.6) is 0 Å². The fraction of sp³-hybridized carbons (Fsp3) is 0.588. The molecule has 0 bridgehead atoms. The molecule has 0 aliphatic heterocycles. The van der Waals surface area contributed by atoms with E-state index < -0.39 is 6.10 Å². The molecule has 5 heteroatoms. The monoisotopic (exact) mass is 306 g/mol. The van der Waals surface area contributed by atoms with Crippen LogP contribution in [0.25, 0.3) is 0 Å². The van der Waals surface area contributed by atoms with Gasteiger partial charge in [0.1, 0.15) is 0 Å². The van der Waals surface area contributed by atoms with Crippen LogP contribution in [0.3, 0.4) is 0 Å². The molecule has 0 aromatic heterocycles. The largest absolute Gasteiger partial charge is 0.396 e. The Morgan fingerprint density at radius 3 is 2.64 bits per heavy atom. The van der Waals surface area contributed by atoms with Crippen molar-refractivity contribution in [3.8, 4) is 0 Å². The molecule has 5 nitrogen and oxygen atoms in total. The Morgan fingerprint density at radius 1 is 1.23 bits per heavy atom. The van der Waals surface area contributed by atoms with Crippen molar-refractivity contribution < 1.29 is 15.0 Å². The van der Waals surface area contributed by atoms with Crippen LogP contribution in [0, 0.1) is 0 Å². The van der Waals surface area contributed by atoms with E-state index in [0.29, 0.717) is 13.0 Å². The van der Waals surface area contributed by atoms with Crippen molar-refractivity contribution in [3.63, 3.8) is 0 Å². The van der Waals surface area contributed by atoms with Gasteiger partial charge in [0.2, 0.25) is 0 Å². The first-order chi connectivity index (χ1) is 10.7. The number of hydrogen-bond acceptors (Lipinski definition) is 3. The van der Waals surface area contributed by atoms with Crippen molar-refractivity contribution in [1.29, 1.82) is 0 Å². The molecule has 22 heavy (non-hydrogen) atoms. The fourth-order valence-electron chi connectivity index (χ4n) is 2.98. The van der Waals surface area contributed by atoms with Gasteiger partial charge >= 0.3 is 6.03 Å². The van der Waals surface area contributed by atoms with Crippen LogP contribution in [0.1, 0.15) is 43.6 Å². The molecule has 0 heterocycles. The minimum atomic E-state index is -0.443. The highest BCUT2D eigenvalue weighted by Crippen LogP contribution is 2.19. The predicted molar refractivity (Wildman–Crippen MR) is 85.7 cm³/mol. The Hall–Kier alpha value is -1.59. The summed E-state index contributed by atoms with van der Waals surface area (Å²) in [4.78, 5) is 12.0. The third-order valence-corrected chi connectivity index (χ3v) is 4.30. The summed E-state index contributed by atoms with van der Waals surface area (Å²) in [5.41, 5.74) is 1.11. The topological polar surface area (TPSA) is 81.6 Å². The van der Waals surface area contributed by atoms with E-state index in [2.05, 4.69) is 10.6 Å². The molecular weight excluding hydrogens is 280 g/mol. The maximum absolute atomic E-state index is 12.0. The average Bonchev–Trinajstić information content (AvgIpc) is 2.54. The number of carbonyl (C=O) groups excluding carboxylic acids is 1. The second-order valence-electron chi connectivity index (χ2n) is 5.93. The van der Waals surface area contributed by atoms with Gasteiger partial charge in [0.05, 0.1) is 12.1 Å². The predicted octanol–water partition coefficient (Wildman–Crippen LogP) is 1.76. The minimum absolute atomic E-state index is 0.0875. The lowest BCUT2D eigenvalue weighted by Crippen LogP contribution is -2.49. The van der Waals surface area contributed by atoms with Crippen LogP contribution in [0.4, 0.5) is 4.79 Å². The first kappa shape index (κ1) is 16.8. The molecule has 1 aromatic rings. The van der Waals surface area contributed by atoms with Crippen molar-refractivity contribution >= 4 is 6.03 Å². The maximum atomic E-state index is 12.0. The van der Waals surface area contributed by atoms with Gasteiger partial charge in [0, 0.05) is 19.1 Å². The summed E-state index contributed by atoms with van der Waals surface area (Å²) < 4.78 is 0. The SMILES string of the molecule is O=C(NCC(CCO)c1ccccc1)NC1CCCCC1O. The highest BCUT2D eigenvalue weighted by molar-refractivity contribution is 5.74. The van der Waals surface area contributed by atoms with Crippen molar-refractivity contribution in [2.24, 2.45) is 0 Å². The van der Waals surface area contributed by atoms with Gasteiger partial charge in [0.15, 0.2) is 0 Å². The van der Waals surface area contributed by atoms with Crippen molar-refractivity contribution in [3.05, 3.63) is 35.9 Å². The summed E-state index contributed by atoms with van der Waals surface area (Å²) in [6.07, 6.45) is 3.81. The molecule has 1 aliphatic rings. The second-order valence-corrected chi connectivity index (χ2v) is 5.93. The van der Waals surface area contributed by atoms with Crippen LogP contribution >= 0.6 is 0 Å². The lowest BCUT2D eigenvalue weighted by molar-refractivity contribution is 0.0943. The van der Waals surface area contributed by atoms with Crippen molar-refractivity contribution in [2.45, 2.75) is 50.2 Å². The molecule has 2 amide bonds. The fourth-order valence-corrected chi connectivity index (χ4v) is 2.98. The Morgan fingerprint density at radius 2 is 1.95 bits per heavy atom. The van der Waals surface area contributed by atoms with Gasteiger partial charge in [-0.3, -0.25) is 0 Å². The molecule has 4 N–H and O–H groups in total. The smallest absolute Gasteiger partial charge is 0.315 e. The van der Waals surface area contributed by atoms with Crippen LogP contribution in [-0.2, 0) is 0 Å². The Bertz CT molecular complexity index is 452. The first-order valence-corrected chi connectivity index (χ1v) is 8.09. The highest BCUT2D eigenvalue weighted by Gasteiger charge is 2.24. The number of nitrogens with one attached hydrogen (secondary N) is 2. The number of amides is 2. The quantitative estimate of drug-likeness (QED) is 0.646. The lowest BCUT2D eigenvalue weighted by atomic mass is 9.93. The highest BCUT2D eigenvalue weighted by atomic mass is 16.3. The van der Waals surface area contributed by atoms with Gasteiger partial charge in [-0.1, -0.05) is 43.2 Å². The van der Waals surface area contributed by atoms with E-state index in [9.17, 15) is 15.0 Å². The van der Waals surface area contributed by atoms with Crippen LogP contribution in [0.15, 0.2) is 30.3 Å². The Kier molecular flexibility index (Phi) is 6.68. The van der Waals surface area contributed by atoms with E-state index in [4.69, 9.17) is 0 Å². The zero-order valence-electron chi connectivity index (χ0n) is 12.9. The molecule has 3 atom stereocenters. The van der Waals surface area contributed by atoms with E-state index >= 15 is 0 Å². The van der Waals surface area contributed by atoms with Crippen LogP contribution in [0.2, 0.25) is 0 Å². The van der Waals surface area contributed by atoms with Gasteiger partial charge in [-0.15, -0.1) is 0 Å². The van der Waals surface area contributed by atoms with E-state index in [1.807, 2.05) is 30.3 Å². The lowest BCUT2D eigenvalue weighted by Gasteiger charge is -2.28. The molecule has 0 spiro atoms. The molecule has 0 radical (unpaired) electrons. The summed E-state index contributed by atoms with van der Waals surface area (Å²) in [6.45, 7) is 0.559. The number of aliphatic hydroxyl groups excluding tert-OH is 2. The summed E-state index contributed by atoms with van der Waals surface area (Å²) in [7, 11) is 0. The van der Waals surface area contributed by atoms with Gasteiger partial charge in [-0.2, -0.15) is 0 Å². The number of rotatable bonds is 6. The molecule has 2 rings (SSSR count). The zero-order valence-corrected chi connectivity index (χ0v) is 12.9. The van der Waals surface area contributed by atoms with Crippen LogP contribution < -0.4 is 10.6 Å². The zero-order chi connectivity index (χ0) is 15.8. The number of carbonyl (C=O) groups is 1. The Balaban J connectivity index is 1.82. The number of urea groups is 1. The normalized spacial score (nSPS) is 22.8. The molecular formula is C17H26N2O3. The van der Waals surface area contributed by atoms with E-state index in [0.717, 1.165) is 31.2 Å². The third-order valence-electron chi connectivity index (χ3n) is 4.30. The maximum Gasteiger partial charge on any atom is 0.315 e. The summed E-state index contributed by atoms with van der Waals surface area (Å²) >= 11 is 0.